The van der Waals surface area contributed by atoms with Crippen LogP contribution in [0.1, 0.15) is 38.2 Å². The molecule has 0 atom stereocenters. The third-order valence-corrected chi connectivity index (χ3v) is 4.28. The third kappa shape index (κ3) is 3.32. The molecular weight excluding hydrogens is 307 g/mol. The Kier molecular flexibility index (Phi) is 5.39. The molecule has 0 bridgehead atoms. The van der Waals surface area contributed by atoms with Gasteiger partial charge in [0, 0.05) is 0 Å². The van der Waals surface area contributed by atoms with E-state index in [-0.39, 0.29) is 5.75 Å². The van der Waals surface area contributed by atoms with E-state index in [1.165, 1.54) is 20.3 Å². The topological polar surface area (TPSA) is 35.5 Å². The molecule has 0 N–H and O–H groups in total. The second-order valence-corrected chi connectivity index (χ2v) is 5.59. The minimum atomic E-state index is -0.397. The van der Waals surface area contributed by atoms with E-state index in [1.54, 1.807) is 18.2 Å². The molecule has 4 heteroatoms. The molecule has 3 nitrogen and oxygen atoms in total. The molecule has 0 aliphatic heterocycles. The lowest BCUT2D eigenvalue weighted by Crippen LogP contribution is -2.08. The first-order valence-electron chi connectivity index (χ1n) is 7.59. The van der Waals surface area contributed by atoms with Gasteiger partial charge in [-0.1, -0.05) is 18.7 Å². The second-order valence-electron chi connectivity index (χ2n) is 5.59. The fraction of sp³-hybridized carbons (Fsp3) is 0.250. The highest BCUT2D eigenvalue weighted by Crippen LogP contribution is 2.27. The van der Waals surface area contributed by atoms with E-state index in [1.807, 2.05) is 19.9 Å². The minimum absolute atomic E-state index is 0.206. The molecule has 0 saturated carbocycles. The molecule has 126 valence electrons. The lowest BCUT2D eigenvalue weighted by Gasteiger charge is -2.16. The van der Waals surface area contributed by atoms with Crippen molar-refractivity contribution in [3.63, 3.8) is 0 Å². The summed E-state index contributed by atoms with van der Waals surface area (Å²) in [7, 11) is 2.79. The van der Waals surface area contributed by atoms with Crippen LogP contribution in [0.2, 0.25) is 0 Å². The SMILES string of the molecule is C=Cc1c(C(=O)OC)cc(Cc2ccc(F)c(OC)c2)c(C)c1C. The number of rotatable bonds is 5. The van der Waals surface area contributed by atoms with Crippen LogP contribution in [-0.2, 0) is 11.2 Å². The van der Waals surface area contributed by atoms with Gasteiger partial charge in [-0.05, 0) is 66.3 Å². The number of halogens is 1. The summed E-state index contributed by atoms with van der Waals surface area (Å²) in [6.45, 7) is 7.74. The van der Waals surface area contributed by atoms with Crippen molar-refractivity contribution in [1.82, 2.24) is 0 Å². The van der Waals surface area contributed by atoms with Gasteiger partial charge in [0.1, 0.15) is 0 Å². The normalized spacial score (nSPS) is 10.4. The Morgan fingerprint density at radius 3 is 2.50 bits per heavy atom. The van der Waals surface area contributed by atoms with Gasteiger partial charge in [0.2, 0.25) is 0 Å². The Morgan fingerprint density at radius 1 is 1.21 bits per heavy atom. The fourth-order valence-corrected chi connectivity index (χ4v) is 2.76. The molecule has 0 aromatic heterocycles. The summed E-state index contributed by atoms with van der Waals surface area (Å²) in [6, 6.07) is 6.59. The molecule has 2 rings (SSSR count). The van der Waals surface area contributed by atoms with Crippen LogP contribution in [-0.4, -0.2) is 20.2 Å². The zero-order chi connectivity index (χ0) is 17.9. The molecule has 0 fully saturated rings. The Labute approximate surface area is 141 Å². The largest absolute Gasteiger partial charge is 0.494 e. The average Bonchev–Trinajstić information content (AvgIpc) is 2.59. The zero-order valence-corrected chi connectivity index (χ0v) is 14.4. The van der Waals surface area contributed by atoms with E-state index >= 15 is 0 Å². The van der Waals surface area contributed by atoms with Crippen LogP contribution in [0.25, 0.3) is 6.08 Å². The molecule has 0 aliphatic carbocycles. The summed E-state index contributed by atoms with van der Waals surface area (Å²) < 4.78 is 23.5. The first-order chi connectivity index (χ1) is 11.4. The monoisotopic (exact) mass is 328 g/mol. The highest BCUT2D eigenvalue weighted by molar-refractivity contribution is 5.94. The summed E-state index contributed by atoms with van der Waals surface area (Å²) in [5.74, 6) is -0.588. The van der Waals surface area contributed by atoms with Gasteiger partial charge in [-0.2, -0.15) is 0 Å². The fourth-order valence-electron chi connectivity index (χ4n) is 2.76. The second kappa shape index (κ2) is 7.30. The van der Waals surface area contributed by atoms with Crippen LogP contribution in [0.15, 0.2) is 30.8 Å². The van der Waals surface area contributed by atoms with Crippen molar-refractivity contribution < 1.29 is 18.7 Å². The van der Waals surface area contributed by atoms with Crippen molar-refractivity contribution in [2.24, 2.45) is 0 Å². The lowest BCUT2D eigenvalue weighted by atomic mass is 9.90. The molecule has 0 radical (unpaired) electrons. The molecule has 0 amide bonds. The average molecular weight is 328 g/mol. The maximum atomic E-state index is 13.6. The summed E-state index contributed by atoms with van der Waals surface area (Å²) >= 11 is 0. The Hall–Kier alpha value is -2.62. The number of hydrogen-bond acceptors (Lipinski definition) is 3. The van der Waals surface area contributed by atoms with Crippen LogP contribution in [0, 0.1) is 19.7 Å². The van der Waals surface area contributed by atoms with E-state index in [0.29, 0.717) is 12.0 Å². The predicted octanol–water partition coefficient (Wildman–Crippen LogP) is 4.47. The number of hydrogen-bond donors (Lipinski definition) is 0. The summed E-state index contributed by atoms with van der Waals surface area (Å²) in [5, 5.41) is 0. The summed E-state index contributed by atoms with van der Waals surface area (Å²) in [6.07, 6.45) is 2.23. The molecule has 24 heavy (non-hydrogen) atoms. The molecule has 0 spiro atoms. The van der Waals surface area contributed by atoms with Crippen LogP contribution in [0.3, 0.4) is 0 Å². The van der Waals surface area contributed by atoms with E-state index in [9.17, 15) is 9.18 Å². The molecule has 0 unspecified atom stereocenters. The van der Waals surface area contributed by atoms with Gasteiger partial charge in [-0.3, -0.25) is 0 Å². The maximum Gasteiger partial charge on any atom is 0.338 e. The number of ether oxygens (including phenoxy) is 2. The van der Waals surface area contributed by atoms with E-state index in [2.05, 4.69) is 6.58 Å². The van der Waals surface area contributed by atoms with Crippen molar-refractivity contribution in [3.05, 3.63) is 70.0 Å². The zero-order valence-electron chi connectivity index (χ0n) is 14.4. The van der Waals surface area contributed by atoms with Gasteiger partial charge in [0.25, 0.3) is 0 Å². The van der Waals surface area contributed by atoms with E-state index in [0.717, 1.165) is 27.8 Å². The number of carbonyl (C=O) groups excluding carboxylic acids is 1. The Balaban J connectivity index is 2.52. The standard InChI is InChI=1S/C20H21FO3/c1-6-16-13(3)12(2)15(11-17(16)20(22)24-5)9-14-7-8-18(21)19(10-14)23-4/h6-8,10-11H,1,9H2,2-5H3. The highest BCUT2D eigenvalue weighted by atomic mass is 19.1. The highest BCUT2D eigenvalue weighted by Gasteiger charge is 2.17. The molecule has 2 aromatic rings. The van der Waals surface area contributed by atoms with Gasteiger partial charge in [-0.25, -0.2) is 9.18 Å². The van der Waals surface area contributed by atoms with Crippen molar-refractivity contribution in [2.75, 3.05) is 14.2 Å². The van der Waals surface area contributed by atoms with Crippen molar-refractivity contribution >= 4 is 12.0 Å². The van der Waals surface area contributed by atoms with Gasteiger partial charge >= 0.3 is 5.97 Å². The third-order valence-electron chi connectivity index (χ3n) is 4.28. The first kappa shape index (κ1) is 17.7. The van der Waals surface area contributed by atoms with Gasteiger partial charge < -0.3 is 9.47 Å². The first-order valence-corrected chi connectivity index (χ1v) is 7.59. The molecular formula is C20H21FO3. The van der Waals surface area contributed by atoms with Crippen molar-refractivity contribution in [1.29, 1.82) is 0 Å². The number of carbonyl (C=O) groups is 1. The Bertz CT molecular complexity index is 794. The van der Waals surface area contributed by atoms with Crippen LogP contribution in [0.4, 0.5) is 4.39 Å². The predicted molar refractivity (Wildman–Crippen MR) is 93.1 cm³/mol. The van der Waals surface area contributed by atoms with E-state index in [4.69, 9.17) is 9.47 Å². The van der Waals surface area contributed by atoms with Crippen molar-refractivity contribution in [3.8, 4) is 5.75 Å². The maximum absolute atomic E-state index is 13.6. The number of esters is 1. The van der Waals surface area contributed by atoms with Gasteiger partial charge in [0.15, 0.2) is 11.6 Å². The quantitative estimate of drug-likeness (QED) is 0.760. The van der Waals surface area contributed by atoms with Crippen molar-refractivity contribution in [2.45, 2.75) is 20.3 Å². The molecule has 0 saturated heterocycles. The van der Waals surface area contributed by atoms with Crippen LogP contribution < -0.4 is 4.74 Å². The molecule has 0 heterocycles. The Morgan fingerprint density at radius 2 is 1.92 bits per heavy atom. The summed E-state index contributed by atoms with van der Waals surface area (Å²) in [5.41, 5.74) is 5.20. The number of benzene rings is 2. The molecule has 2 aromatic carbocycles. The minimum Gasteiger partial charge on any atom is -0.494 e. The smallest absolute Gasteiger partial charge is 0.338 e. The van der Waals surface area contributed by atoms with Gasteiger partial charge in [-0.15, -0.1) is 0 Å². The molecule has 0 aliphatic rings. The number of methoxy groups -OCH3 is 2. The van der Waals surface area contributed by atoms with Gasteiger partial charge in [0.05, 0.1) is 19.8 Å². The van der Waals surface area contributed by atoms with Crippen LogP contribution in [0.5, 0.6) is 5.75 Å². The summed E-state index contributed by atoms with van der Waals surface area (Å²) in [4.78, 5) is 12.1. The van der Waals surface area contributed by atoms with Crippen LogP contribution >= 0.6 is 0 Å². The lowest BCUT2D eigenvalue weighted by molar-refractivity contribution is 0.0600. The van der Waals surface area contributed by atoms with E-state index < -0.39 is 11.8 Å².